The fourth-order valence-corrected chi connectivity index (χ4v) is 0.668. The number of nitrogens with zero attached hydrogens (tertiary/aromatic N) is 1. The summed E-state index contributed by atoms with van der Waals surface area (Å²) in [4.78, 5) is 16.7. The Morgan fingerprint density at radius 2 is 2.50 bits per heavy atom. The smallest absolute Gasteiger partial charge is 0.142 e. The van der Waals surface area contributed by atoms with Crippen LogP contribution < -0.4 is 0 Å². The van der Waals surface area contributed by atoms with Crippen molar-refractivity contribution in [2.24, 2.45) is 0 Å². The van der Waals surface area contributed by atoms with Gasteiger partial charge in [0.05, 0.1) is 12.0 Å². The van der Waals surface area contributed by atoms with Crippen molar-refractivity contribution in [3.8, 4) is 0 Å². The van der Waals surface area contributed by atoms with Crippen LogP contribution in [-0.4, -0.2) is 16.3 Å². The second-order valence-electron chi connectivity index (χ2n) is 1.91. The lowest BCUT2D eigenvalue weighted by Crippen LogP contribution is -1.75. The van der Waals surface area contributed by atoms with E-state index >= 15 is 0 Å². The summed E-state index contributed by atoms with van der Waals surface area (Å²) in [7, 11) is 0. The first kappa shape index (κ1) is 6.74. The number of allylic oxidation sites excluding steroid dienone is 1. The molecule has 3 heteroatoms. The molecule has 1 rings (SSSR count). The van der Waals surface area contributed by atoms with Gasteiger partial charge in [0.15, 0.2) is 0 Å². The molecular formula is C7H8N2O. The van der Waals surface area contributed by atoms with Crippen molar-refractivity contribution in [3.05, 3.63) is 23.8 Å². The molecule has 0 aliphatic carbocycles. The van der Waals surface area contributed by atoms with Gasteiger partial charge in [0.2, 0.25) is 0 Å². The minimum absolute atomic E-state index is 0.730. The van der Waals surface area contributed by atoms with Crippen LogP contribution in [0.25, 0.3) is 6.08 Å². The highest BCUT2D eigenvalue weighted by atomic mass is 16.1. The average molecular weight is 136 g/mol. The van der Waals surface area contributed by atoms with Crippen LogP contribution in [0.2, 0.25) is 0 Å². The molecule has 0 spiro atoms. The number of rotatable bonds is 2. The zero-order valence-electron chi connectivity index (χ0n) is 5.66. The molecule has 10 heavy (non-hydrogen) atoms. The summed E-state index contributed by atoms with van der Waals surface area (Å²) in [6.07, 6.45) is 5.41. The summed E-state index contributed by atoms with van der Waals surface area (Å²) >= 11 is 0. The first-order valence-corrected chi connectivity index (χ1v) is 2.96. The molecule has 0 bridgehead atoms. The third-order valence-corrected chi connectivity index (χ3v) is 1.20. The number of carbonyl (C=O) groups is 1. The van der Waals surface area contributed by atoms with E-state index in [9.17, 15) is 4.79 Å². The van der Waals surface area contributed by atoms with Gasteiger partial charge in [-0.25, -0.2) is 4.98 Å². The Hall–Kier alpha value is -1.38. The standard InChI is InChI=1S/C7H8N2O/c1-6-7(3-2-4-10)9-5-8-6/h2-5H,1H3,(H,8,9). The van der Waals surface area contributed by atoms with E-state index in [1.165, 1.54) is 6.08 Å². The van der Waals surface area contributed by atoms with Crippen molar-refractivity contribution in [2.75, 3.05) is 0 Å². The Bertz CT molecular complexity index is 250. The maximum Gasteiger partial charge on any atom is 0.142 e. The fourth-order valence-electron chi connectivity index (χ4n) is 0.668. The molecule has 0 amide bonds. The van der Waals surface area contributed by atoms with Crippen molar-refractivity contribution in [2.45, 2.75) is 6.92 Å². The van der Waals surface area contributed by atoms with Gasteiger partial charge in [-0.2, -0.15) is 0 Å². The molecule has 0 unspecified atom stereocenters. The lowest BCUT2D eigenvalue weighted by Gasteiger charge is -1.83. The summed E-state index contributed by atoms with van der Waals surface area (Å²) < 4.78 is 0. The minimum atomic E-state index is 0.730. The average Bonchev–Trinajstić information content (AvgIpc) is 2.31. The van der Waals surface area contributed by atoms with Gasteiger partial charge in [0, 0.05) is 5.69 Å². The number of aromatic amines is 1. The van der Waals surface area contributed by atoms with E-state index < -0.39 is 0 Å². The Kier molecular flexibility index (Phi) is 1.99. The minimum Gasteiger partial charge on any atom is -0.348 e. The number of hydrogen-bond donors (Lipinski definition) is 1. The van der Waals surface area contributed by atoms with Gasteiger partial charge in [-0.05, 0) is 19.1 Å². The maximum atomic E-state index is 9.89. The molecular weight excluding hydrogens is 128 g/mol. The largest absolute Gasteiger partial charge is 0.348 e. The number of aromatic nitrogens is 2. The van der Waals surface area contributed by atoms with Crippen LogP contribution in [0.3, 0.4) is 0 Å². The number of nitrogens with one attached hydrogen (secondary N) is 1. The lowest BCUT2D eigenvalue weighted by molar-refractivity contribution is -0.104. The third-order valence-electron chi connectivity index (χ3n) is 1.20. The molecule has 0 saturated carbocycles. The van der Waals surface area contributed by atoms with Crippen molar-refractivity contribution in [1.82, 2.24) is 9.97 Å². The SMILES string of the molecule is Cc1[nH]cnc1C=CC=O. The Morgan fingerprint density at radius 1 is 1.70 bits per heavy atom. The topological polar surface area (TPSA) is 45.8 Å². The summed E-state index contributed by atoms with van der Waals surface area (Å²) in [6.45, 7) is 1.90. The lowest BCUT2D eigenvalue weighted by atomic mass is 10.3. The van der Waals surface area contributed by atoms with Gasteiger partial charge >= 0.3 is 0 Å². The predicted molar refractivity (Wildman–Crippen MR) is 38.4 cm³/mol. The van der Waals surface area contributed by atoms with E-state index in [0.29, 0.717) is 0 Å². The van der Waals surface area contributed by atoms with Crippen molar-refractivity contribution in [1.29, 1.82) is 0 Å². The molecule has 52 valence electrons. The molecule has 3 nitrogen and oxygen atoms in total. The number of hydrogen-bond acceptors (Lipinski definition) is 2. The quantitative estimate of drug-likeness (QED) is 0.485. The van der Waals surface area contributed by atoms with Crippen molar-refractivity contribution in [3.63, 3.8) is 0 Å². The zero-order chi connectivity index (χ0) is 7.40. The van der Waals surface area contributed by atoms with E-state index in [0.717, 1.165) is 17.7 Å². The van der Waals surface area contributed by atoms with Gasteiger partial charge in [-0.3, -0.25) is 4.79 Å². The van der Waals surface area contributed by atoms with Crippen LogP contribution in [0.5, 0.6) is 0 Å². The van der Waals surface area contributed by atoms with E-state index in [1.807, 2.05) is 6.92 Å². The molecule has 0 aromatic carbocycles. The van der Waals surface area contributed by atoms with Crippen molar-refractivity contribution >= 4 is 12.4 Å². The highest BCUT2D eigenvalue weighted by molar-refractivity contribution is 5.73. The van der Waals surface area contributed by atoms with Crippen molar-refractivity contribution < 1.29 is 4.79 Å². The van der Waals surface area contributed by atoms with Crippen LogP contribution in [0.4, 0.5) is 0 Å². The molecule has 1 heterocycles. The fraction of sp³-hybridized carbons (Fsp3) is 0.143. The summed E-state index contributed by atoms with van der Waals surface area (Å²) in [6, 6.07) is 0. The number of H-pyrrole nitrogens is 1. The van der Waals surface area contributed by atoms with E-state index in [1.54, 1.807) is 12.4 Å². The van der Waals surface area contributed by atoms with Gasteiger partial charge in [0.1, 0.15) is 6.29 Å². The van der Waals surface area contributed by atoms with Gasteiger partial charge in [-0.15, -0.1) is 0 Å². The molecule has 0 aliphatic rings. The maximum absolute atomic E-state index is 9.89. The molecule has 0 fully saturated rings. The predicted octanol–water partition coefficient (Wildman–Crippen LogP) is 0.930. The number of carbonyl (C=O) groups excluding carboxylic acids is 1. The van der Waals surface area contributed by atoms with E-state index in [-0.39, 0.29) is 0 Å². The molecule has 1 aromatic heterocycles. The van der Waals surface area contributed by atoms with Crippen LogP contribution >= 0.6 is 0 Å². The Morgan fingerprint density at radius 3 is 3.00 bits per heavy atom. The Balaban J connectivity index is 2.83. The van der Waals surface area contributed by atoms with Gasteiger partial charge < -0.3 is 4.98 Å². The summed E-state index contributed by atoms with van der Waals surface area (Å²) in [5.41, 5.74) is 1.78. The highest BCUT2D eigenvalue weighted by Gasteiger charge is 1.92. The first-order valence-electron chi connectivity index (χ1n) is 2.96. The molecule has 0 aliphatic heterocycles. The van der Waals surface area contributed by atoms with E-state index in [2.05, 4.69) is 9.97 Å². The molecule has 0 atom stereocenters. The van der Waals surface area contributed by atoms with Crippen LogP contribution in [-0.2, 0) is 4.79 Å². The number of imidazole rings is 1. The second-order valence-corrected chi connectivity index (χ2v) is 1.91. The molecule has 0 radical (unpaired) electrons. The monoisotopic (exact) mass is 136 g/mol. The Labute approximate surface area is 58.8 Å². The van der Waals surface area contributed by atoms with Gasteiger partial charge in [-0.1, -0.05) is 0 Å². The van der Waals surface area contributed by atoms with Gasteiger partial charge in [0.25, 0.3) is 0 Å². The molecule has 0 saturated heterocycles. The number of aldehydes is 1. The van der Waals surface area contributed by atoms with Crippen LogP contribution in [0.15, 0.2) is 12.4 Å². The third kappa shape index (κ3) is 1.31. The second kappa shape index (κ2) is 2.96. The van der Waals surface area contributed by atoms with Crippen LogP contribution in [0, 0.1) is 6.92 Å². The first-order chi connectivity index (χ1) is 4.84. The zero-order valence-corrected chi connectivity index (χ0v) is 5.66. The summed E-state index contributed by atoms with van der Waals surface area (Å²) in [5.74, 6) is 0. The number of aryl methyl sites for hydroxylation is 1. The highest BCUT2D eigenvalue weighted by Crippen LogP contribution is 2.01. The van der Waals surface area contributed by atoms with E-state index in [4.69, 9.17) is 0 Å². The normalized spacial score (nSPS) is 10.5. The molecule has 1 aromatic rings. The van der Waals surface area contributed by atoms with Crippen LogP contribution in [0.1, 0.15) is 11.4 Å². The molecule has 1 N–H and O–H groups in total. The summed E-state index contributed by atoms with van der Waals surface area (Å²) in [5, 5.41) is 0.